The van der Waals surface area contributed by atoms with Gasteiger partial charge in [0.25, 0.3) is 0 Å². The second kappa shape index (κ2) is 16.0. The summed E-state index contributed by atoms with van der Waals surface area (Å²) in [7, 11) is 0. The van der Waals surface area contributed by atoms with Crippen molar-refractivity contribution in [3.63, 3.8) is 0 Å². The molecule has 2 aromatic heterocycles. The van der Waals surface area contributed by atoms with Gasteiger partial charge in [0.2, 0.25) is 17.7 Å². The van der Waals surface area contributed by atoms with Crippen LogP contribution in [0.4, 0.5) is 0 Å². The quantitative estimate of drug-likeness (QED) is 0.0864. The number of para-hydroxylation sites is 2. The number of rotatable bonds is 15. The minimum absolute atomic E-state index is 0.0523. The number of aliphatic carboxylic acids is 1. The number of nitrogens with one attached hydrogen (secondary N) is 5. The Morgan fingerprint density at radius 3 is 1.47 bits per heavy atom. The van der Waals surface area contributed by atoms with Gasteiger partial charge in [-0.25, -0.2) is 4.79 Å². The van der Waals surface area contributed by atoms with Crippen LogP contribution in [0.15, 0.2) is 122 Å². The minimum atomic E-state index is -1.25. The lowest BCUT2D eigenvalue weighted by Crippen LogP contribution is -2.58. The first-order valence-corrected chi connectivity index (χ1v) is 16.8. The molecule has 3 amide bonds. The van der Waals surface area contributed by atoms with E-state index < -0.39 is 47.9 Å². The number of aromatic nitrogens is 2. The molecular formula is C40H40N6O5. The molecule has 0 aliphatic rings. The molecular weight excluding hydrogens is 644 g/mol. The zero-order chi connectivity index (χ0) is 35.7. The second-order valence-corrected chi connectivity index (χ2v) is 12.6. The third-order valence-electron chi connectivity index (χ3n) is 9.00. The molecule has 11 nitrogen and oxygen atoms in total. The van der Waals surface area contributed by atoms with Crippen LogP contribution in [0.25, 0.3) is 21.8 Å². The van der Waals surface area contributed by atoms with Crippen LogP contribution in [-0.2, 0) is 44.9 Å². The first kappa shape index (κ1) is 34.7. The van der Waals surface area contributed by atoms with E-state index in [-0.39, 0.29) is 25.7 Å². The molecule has 8 N–H and O–H groups in total. The smallest absolute Gasteiger partial charge is 0.326 e. The lowest BCUT2D eigenvalue weighted by Gasteiger charge is -2.25. The lowest BCUT2D eigenvalue weighted by molar-refractivity contribution is -0.142. The number of carbonyl (C=O) groups excluding carboxylic acids is 3. The van der Waals surface area contributed by atoms with Gasteiger partial charge in [-0.2, -0.15) is 0 Å². The van der Waals surface area contributed by atoms with Crippen LogP contribution in [0.1, 0.15) is 22.3 Å². The molecule has 0 aliphatic heterocycles. The zero-order valence-corrected chi connectivity index (χ0v) is 27.8. The number of carboxylic acids is 1. The van der Waals surface area contributed by atoms with Crippen LogP contribution in [0, 0.1) is 0 Å². The van der Waals surface area contributed by atoms with Gasteiger partial charge in [0.1, 0.15) is 18.1 Å². The normalized spacial score (nSPS) is 13.6. The maximum Gasteiger partial charge on any atom is 0.326 e. The first-order valence-electron chi connectivity index (χ1n) is 16.8. The van der Waals surface area contributed by atoms with Crippen molar-refractivity contribution in [2.75, 3.05) is 0 Å². The van der Waals surface area contributed by atoms with E-state index in [1.807, 2.05) is 91.1 Å². The Kier molecular flexibility index (Phi) is 10.9. The summed E-state index contributed by atoms with van der Waals surface area (Å²) >= 11 is 0. The number of aromatic amines is 2. The predicted octanol–water partition coefficient (Wildman–Crippen LogP) is 3.79. The summed E-state index contributed by atoms with van der Waals surface area (Å²) in [6.45, 7) is 0. The average Bonchev–Trinajstić information content (AvgIpc) is 3.75. The summed E-state index contributed by atoms with van der Waals surface area (Å²) < 4.78 is 0. The van der Waals surface area contributed by atoms with Gasteiger partial charge in [-0.05, 0) is 40.8 Å². The third-order valence-corrected chi connectivity index (χ3v) is 9.00. The third kappa shape index (κ3) is 8.70. The van der Waals surface area contributed by atoms with Crippen molar-refractivity contribution in [1.29, 1.82) is 0 Å². The molecule has 0 fully saturated rings. The molecule has 0 radical (unpaired) electrons. The Hall–Kier alpha value is -6.20. The highest BCUT2D eigenvalue weighted by Crippen LogP contribution is 2.21. The fourth-order valence-corrected chi connectivity index (χ4v) is 6.29. The highest BCUT2D eigenvalue weighted by atomic mass is 16.4. The Morgan fingerprint density at radius 1 is 0.529 bits per heavy atom. The van der Waals surface area contributed by atoms with Crippen molar-refractivity contribution in [2.45, 2.75) is 49.9 Å². The molecule has 0 saturated carbocycles. The van der Waals surface area contributed by atoms with Gasteiger partial charge in [0.05, 0.1) is 6.04 Å². The molecule has 0 aliphatic carbocycles. The monoisotopic (exact) mass is 684 g/mol. The van der Waals surface area contributed by atoms with Gasteiger partial charge in [0, 0.05) is 53.5 Å². The van der Waals surface area contributed by atoms with E-state index in [2.05, 4.69) is 25.9 Å². The molecule has 51 heavy (non-hydrogen) atoms. The fraction of sp³-hybridized carbons (Fsp3) is 0.200. The van der Waals surface area contributed by atoms with Crippen LogP contribution < -0.4 is 21.7 Å². The summed E-state index contributed by atoms with van der Waals surface area (Å²) in [4.78, 5) is 60.3. The van der Waals surface area contributed by atoms with E-state index in [1.165, 1.54) is 0 Å². The van der Waals surface area contributed by atoms with Gasteiger partial charge >= 0.3 is 5.97 Å². The van der Waals surface area contributed by atoms with Gasteiger partial charge < -0.3 is 36.8 Å². The van der Waals surface area contributed by atoms with Crippen molar-refractivity contribution < 1.29 is 24.3 Å². The number of carboxylic acid groups (broad SMARTS) is 1. The van der Waals surface area contributed by atoms with Crippen molar-refractivity contribution >= 4 is 45.5 Å². The molecule has 11 heteroatoms. The van der Waals surface area contributed by atoms with Gasteiger partial charge in [-0.3, -0.25) is 14.4 Å². The molecule has 6 aromatic rings. The van der Waals surface area contributed by atoms with Crippen molar-refractivity contribution in [3.8, 4) is 0 Å². The van der Waals surface area contributed by atoms with Crippen molar-refractivity contribution in [3.05, 3.63) is 144 Å². The van der Waals surface area contributed by atoms with Gasteiger partial charge in [-0.15, -0.1) is 0 Å². The zero-order valence-electron chi connectivity index (χ0n) is 27.8. The van der Waals surface area contributed by atoms with Crippen LogP contribution >= 0.6 is 0 Å². The van der Waals surface area contributed by atoms with Gasteiger partial charge in [-0.1, -0.05) is 97.1 Å². The first-order chi connectivity index (χ1) is 24.7. The molecule has 6 rings (SSSR count). The molecule has 4 atom stereocenters. The van der Waals surface area contributed by atoms with Crippen molar-refractivity contribution in [1.82, 2.24) is 25.9 Å². The number of benzene rings is 4. The molecule has 260 valence electrons. The Balaban J connectivity index is 1.24. The summed E-state index contributed by atoms with van der Waals surface area (Å²) in [6, 6.07) is 29.0. The Morgan fingerprint density at radius 2 is 0.941 bits per heavy atom. The number of hydrogen-bond acceptors (Lipinski definition) is 5. The summed E-state index contributed by atoms with van der Waals surface area (Å²) in [5.41, 5.74) is 11.3. The highest BCUT2D eigenvalue weighted by molar-refractivity contribution is 5.95. The standard InChI is InChI=1S/C40H40N6O5/c41-31(21-27-23-42-32-17-9-7-15-29(27)32)37(47)44-34(19-25-11-3-1-4-12-25)38(48)45-35(22-28-24-43-33-18-10-8-16-30(28)33)39(49)46-36(40(50)51)20-26-13-5-2-6-14-26/h1-18,23-24,31,34-36,42-43H,19-22,41H2,(H,44,47)(H,45,48)(H,46,49)(H,50,51)/t31-,34-,35-,36-/m0/s1. The maximum absolute atomic E-state index is 14.1. The van der Waals surface area contributed by atoms with Crippen LogP contribution in [0.3, 0.4) is 0 Å². The number of amides is 3. The summed E-state index contributed by atoms with van der Waals surface area (Å²) in [5, 5.41) is 20.2. The van der Waals surface area contributed by atoms with Crippen LogP contribution in [0.2, 0.25) is 0 Å². The van der Waals surface area contributed by atoms with Crippen LogP contribution in [0.5, 0.6) is 0 Å². The Labute approximate surface area is 294 Å². The SMILES string of the molecule is N[C@@H](Cc1c[nH]c2ccccc12)C(=O)N[C@@H](Cc1ccccc1)C(=O)N[C@@H](Cc1c[nH]c2ccccc12)C(=O)N[C@@H](Cc1ccccc1)C(=O)O. The second-order valence-electron chi connectivity index (χ2n) is 12.6. The van der Waals surface area contributed by atoms with E-state index in [0.717, 1.165) is 44.1 Å². The molecule has 0 bridgehead atoms. The molecule has 2 heterocycles. The van der Waals surface area contributed by atoms with Gasteiger partial charge in [0.15, 0.2) is 0 Å². The number of hydrogen-bond donors (Lipinski definition) is 7. The van der Waals surface area contributed by atoms with E-state index in [0.29, 0.717) is 0 Å². The number of carbonyl (C=O) groups is 4. The van der Waals surface area contributed by atoms with Crippen LogP contribution in [-0.4, -0.2) is 62.9 Å². The molecule has 0 saturated heterocycles. The minimum Gasteiger partial charge on any atom is -0.480 e. The molecule has 4 aromatic carbocycles. The number of fused-ring (bicyclic) bond motifs is 2. The topological polar surface area (TPSA) is 182 Å². The fourth-order valence-electron chi connectivity index (χ4n) is 6.29. The maximum atomic E-state index is 14.1. The number of nitrogens with two attached hydrogens (primary N) is 1. The Bertz CT molecular complexity index is 2130. The molecule has 0 spiro atoms. The van der Waals surface area contributed by atoms with E-state index in [1.54, 1.807) is 30.5 Å². The highest BCUT2D eigenvalue weighted by Gasteiger charge is 2.31. The predicted molar refractivity (Wildman–Crippen MR) is 196 cm³/mol. The van der Waals surface area contributed by atoms with E-state index in [4.69, 9.17) is 5.73 Å². The lowest BCUT2D eigenvalue weighted by atomic mass is 10.00. The van der Waals surface area contributed by atoms with E-state index >= 15 is 0 Å². The largest absolute Gasteiger partial charge is 0.480 e. The average molecular weight is 685 g/mol. The molecule has 0 unspecified atom stereocenters. The van der Waals surface area contributed by atoms with Crippen molar-refractivity contribution in [2.24, 2.45) is 5.73 Å². The summed E-state index contributed by atoms with van der Waals surface area (Å²) in [5.74, 6) is -3.01. The number of H-pyrrole nitrogens is 2. The summed E-state index contributed by atoms with van der Waals surface area (Å²) in [6.07, 6.45) is 4.07. The van der Waals surface area contributed by atoms with E-state index in [9.17, 15) is 24.3 Å².